The molecule has 11 heteroatoms. The SMILES string of the molecule is Cc1ccccc1-n1c(C)cc(/C=N\NC(=O)CN(c2cccc([N+](=O)[O-])c2)S(=O)(=O)c2ccccc2)c1C. The van der Waals surface area contributed by atoms with E-state index in [-0.39, 0.29) is 16.3 Å². The third-order valence-corrected chi connectivity index (χ3v) is 7.95. The molecule has 1 amide bonds. The van der Waals surface area contributed by atoms with Crippen molar-refractivity contribution in [3.63, 3.8) is 0 Å². The number of non-ortho nitro benzene ring substituents is 1. The minimum Gasteiger partial charge on any atom is -0.318 e. The maximum Gasteiger partial charge on any atom is 0.271 e. The van der Waals surface area contributed by atoms with Gasteiger partial charge in [0.05, 0.1) is 21.7 Å². The van der Waals surface area contributed by atoms with E-state index < -0.39 is 27.4 Å². The van der Waals surface area contributed by atoms with Crippen LogP contribution in [0.5, 0.6) is 0 Å². The summed E-state index contributed by atoms with van der Waals surface area (Å²) in [6.45, 7) is 5.30. The number of hydrazone groups is 1. The van der Waals surface area contributed by atoms with Gasteiger partial charge in [-0.1, -0.05) is 42.5 Å². The molecule has 39 heavy (non-hydrogen) atoms. The highest BCUT2D eigenvalue weighted by atomic mass is 32.2. The van der Waals surface area contributed by atoms with Crippen molar-refractivity contribution in [2.24, 2.45) is 5.10 Å². The van der Waals surface area contributed by atoms with Crippen molar-refractivity contribution in [3.05, 3.63) is 118 Å². The molecule has 0 aliphatic carbocycles. The number of hydrogen-bond donors (Lipinski definition) is 1. The fraction of sp³-hybridized carbons (Fsp3) is 0.143. The van der Waals surface area contributed by atoms with Gasteiger partial charge in [0.15, 0.2) is 0 Å². The van der Waals surface area contributed by atoms with E-state index >= 15 is 0 Å². The van der Waals surface area contributed by atoms with E-state index in [1.807, 2.05) is 51.1 Å². The summed E-state index contributed by atoms with van der Waals surface area (Å²) in [5.41, 5.74) is 6.89. The van der Waals surface area contributed by atoms with Gasteiger partial charge >= 0.3 is 0 Å². The zero-order chi connectivity index (χ0) is 28.2. The van der Waals surface area contributed by atoms with E-state index in [2.05, 4.69) is 15.1 Å². The van der Waals surface area contributed by atoms with Crippen LogP contribution in [0.1, 0.15) is 22.5 Å². The Kier molecular flexibility index (Phi) is 7.91. The molecule has 0 aliphatic heterocycles. The molecule has 0 spiro atoms. The number of amides is 1. The van der Waals surface area contributed by atoms with Crippen LogP contribution in [0.15, 0.2) is 94.9 Å². The maximum absolute atomic E-state index is 13.4. The van der Waals surface area contributed by atoms with Crippen molar-refractivity contribution in [1.82, 2.24) is 9.99 Å². The molecule has 0 aliphatic rings. The quantitative estimate of drug-likeness (QED) is 0.186. The van der Waals surface area contributed by atoms with E-state index in [9.17, 15) is 23.3 Å². The van der Waals surface area contributed by atoms with Crippen molar-refractivity contribution in [2.75, 3.05) is 10.8 Å². The summed E-state index contributed by atoms with van der Waals surface area (Å²) < 4.78 is 29.8. The average Bonchev–Trinajstić information content (AvgIpc) is 3.20. The normalized spacial score (nSPS) is 11.5. The lowest BCUT2D eigenvalue weighted by Crippen LogP contribution is -2.39. The van der Waals surface area contributed by atoms with E-state index in [0.717, 1.165) is 38.6 Å². The number of anilines is 1. The van der Waals surface area contributed by atoms with E-state index in [0.29, 0.717) is 0 Å². The second kappa shape index (κ2) is 11.3. The predicted octanol–water partition coefficient (Wildman–Crippen LogP) is 4.66. The molecule has 0 bridgehead atoms. The van der Waals surface area contributed by atoms with Crippen LogP contribution < -0.4 is 9.73 Å². The van der Waals surface area contributed by atoms with Crippen LogP contribution in [0.2, 0.25) is 0 Å². The predicted molar refractivity (Wildman–Crippen MR) is 150 cm³/mol. The summed E-state index contributed by atoms with van der Waals surface area (Å²) in [6, 6.07) is 22.6. The Balaban J connectivity index is 1.58. The van der Waals surface area contributed by atoms with E-state index in [4.69, 9.17) is 0 Å². The van der Waals surface area contributed by atoms with Crippen molar-refractivity contribution in [1.29, 1.82) is 0 Å². The number of aryl methyl sites for hydroxylation is 2. The third kappa shape index (κ3) is 5.88. The smallest absolute Gasteiger partial charge is 0.271 e. The van der Waals surface area contributed by atoms with Gasteiger partial charge in [0, 0.05) is 34.8 Å². The van der Waals surface area contributed by atoms with Gasteiger partial charge in [-0.2, -0.15) is 5.10 Å². The second-order valence-electron chi connectivity index (χ2n) is 8.84. The number of nitrogens with one attached hydrogen (secondary N) is 1. The fourth-order valence-electron chi connectivity index (χ4n) is 4.24. The number of hydrogen-bond acceptors (Lipinski definition) is 6. The number of sulfonamides is 1. The zero-order valence-corrected chi connectivity index (χ0v) is 22.4. The molecule has 3 aromatic carbocycles. The van der Waals surface area contributed by atoms with Crippen molar-refractivity contribution >= 4 is 33.5 Å². The summed E-state index contributed by atoms with van der Waals surface area (Å²) in [5.74, 6) is -0.718. The topological polar surface area (TPSA) is 127 Å². The lowest BCUT2D eigenvalue weighted by atomic mass is 10.2. The molecule has 0 radical (unpaired) electrons. The fourth-order valence-corrected chi connectivity index (χ4v) is 5.67. The first-order chi connectivity index (χ1) is 18.6. The van der Waals surface area contributed by atoms with Crippen molar-refractivity contribution < 1.29 is 18.1 Å². The molecule has 0 saturated carbocycles. The average molecular weight is 546 g/mol. The Morgan fingerprint density at radius 2 is 1.69 bits per heavy atom. The monoisotopic (exact) mass is 545 g/mol. The van der Waals surface area contributed by atoms with Crippen LogP contribution in [0, 0.1) is 30.9 Å². The Morgan fingerprint density at radius 1 is 1.00 bits per heavy atom. The van der Waals surface area contributed by atoms with Gasteiger partial charge in [-0.05, 0) is 56.7 Å². The van der Waals surface area contributed by atoms with Gasteiger partial charge in [0.25, 0.3) is 21.6 Å². The van der Waals surface area contributed by atoms with Gasteiger partial charge in [0.2, 0.25) is 0 Å². The summed E-state index contributed by atoms with van der Waals surface area (Å²) in [7, 11) is -4.22. The molecule has 0 atom stereocenters. The Labute approximate surface area is 226 Å². The molecule has 0 saturated heterocycles. The molecule has 4 rings (SSSR count). The Morgan fingerprint density at radius 3 is 2.38 bits per heavy atom. The molecule has 4 aromatic rings. The maximum atomic E-state index is 13.4. The summed E-state index contributed by atoms with van der Waals surface area (Å²) >= 11 is 0. The van der Waals surface area contributed by atoms with E-state index in [1.165, 1.54) is 36.5 Å². The standard InChI is InChI=1S/C28H27N5O5S/c1-20-10-7-8-15-27(20)32-21(2)16-23(22(32)3)18-29-30-28(34)19-31(24-11-9-12-25(17-24)33(35)36)39(37,38)26-13-5-4-6-14-26/h4-18H,19H2,1-3H3,(H,30,34)/b29-18-. The third-order valence-electron chi connectivity index (χ3n) is 6.17. The van der Waals surface area contributed by atoms with Crippen molar-refractivity contribution in [3.8, 4) is 5.69 Å². The Hall–Kier alpha value is -4.77. The molecule has 1 heterocycles. The molecular weight excluding hydrogens is 518 g/mol. The van der Waals surface area contributed by atoms with Crippen LogP contribution in [-0.2, 0) is 14.8 Å². The minimum absolute atomic E-state index is 0.0195. The number of rotatable bonds is 9. The number of benzene rings is 3. The number of aromatic nitrogens is 1. The van der Waals surface area contributed by atoms with Gasteiger partial charge in [-0.25, -0.2) is 13.8 Å². The van der Waals surface area contributed by atoms with Crippen LogP contribution >= 0.6 is 0 Å². The zero-order valence-electron chi connectivity index (χ0n) is 21.6. The second-order valence-corrected chi connectivity index (χ2v) is 10.7. The van der Waals surface area contributed by atoms with Crippen molar-refractivity contribution in [2.45, 2.75) is 25.7 Å². The molecule has 0 unspecified atom stereocenters. The molecule has 10 nitrogen and oxygen atoms in total. The highest BCUT2D eigenvalue weighted by Gasteiger charge is 2.28. The summed E-state index contributed by atoms with van der Waals surface area (Å²) in [6.07, 6.45) is 1.50. The highest BCUT2D eigenvalue weighted by molar-refractivity contribution is 7.92. The molecule has 200 valence electrons. The summed E-state index contributed by atoms with van der Waals surface area (Å²) in [4.78, 5) is 23.5. The number of carbonyl (C=O) groups excluding carboxylic acids is 1. The number of nitrogens with zero attached hydrogens (tertiary/aromatic N) is 4. The first-order valence-electron chi connectivity index (χ1n) is 12.0. The molecule has 0 fully saturated rings. The molecular formula is C28H27N5O5S. The van der Waals surface area contributed by atoms with Gasteiger partial charge < -0.3 is 4.57 Å². The number of para-hydroxylation sites is 1. The minimum atomic E-state index is -4.22. The van der Waals surface area contributed by atoms with Crippen LogP contribution in [-0.4, -0.2) is 36.6 Å². The lowest BCUT2D eigenvalue weighted by Gasteiger charge is -2.23. The van der Waals surface area contributed by atoms with Crippen LogP contribution in [0.25, 0.3) is 5.69 Å². The number of nitro groups is 1. The lowest BCUT2D eigenvalue weighted by molar-refractivity contribution is -0.384. The van der Waals surface area contributed by atoms with Crippen LogP contribution in [0.4, 0.5) is 11.4 Å². The largest absolute Gasteiger partial charge is 0.318 e. The van der Waals surface area contributed by atoms with Crippen LogP contribution in [0.3, 0.4) is 0 Å². The van der Waals surface area contributed by atoms with E-state index in [1.54, 1.807) is 18.2 Å². The number of carbonyl (C=O) groups is 1. The van der Waals surface area contributed by atoms with Gasteiger partial charge in [-0.15, -0.1) is 0 Å². The number of nitro benzene ring substituents is 1. The molecule has 1 aromatic heterocycles. The van der Waals surface area contributed by atoms with Gasteiger partial charge in [-0.3, -0.25) is 19.2 Å². The van der Waals surface area contributed by atoms with Gasteiger partial charge in [0.1, 0.15) is 6.54 Å². The summed E-state index contributed by atoms with van der Waals surface area (Å²) in [5, 5.41) is 15.3. The first kappa shape index (κ1) is 27.3. The Bertz CT molecular complexity index is 1660. The highest BCUT2D eigenvalue weighted by Crippen LogP contribution is 2.27. The molecule has 1 N–H and O–H groups in total. The first-order valence-corrected chi connectivity index (χ1v) is 13.4.